The summed E-state index contributed by atoms with van der Waals surface area (Å²) in [5.41, 5.74) is 5.23. The number of carbonyl (C=O) groups is 2. The fraction of sp³-hybridized carbons (Fsp3) is 0.800. The fourth-order valence-corrected chi connectivity index (χ4v) is 1.86. The molecule has 1 aliphatic heterocycles. The SMILES string of the molecule is CC(CC(=O)O)N(CC1CCCO1)C(N)=O. The van der Waals surface area contributed by atoms with Crippen molar-refractivity contribution < 1.29 is 19.4 Å². The van der Waals surface area contributed by atoms with E-state index in [0.29, 0.717) is 13.2 Å². The minimum absolute atomic E-state index is 0.0104. The highest BCUT2D eigenvalue weighted by atomic mass is 16.5. The molecule has 3 N–H and O–H groups in total. The second kappa shape index (κ2) is 5.69. The lowest BCUT2D eigenvalue weighted by Crippen LogP contribution is -2.46. The van der Waals surface area contributed by atoms with Crippen molar-refractivity contribution in [3.05, 3.63) is 0 Å². The van der Waals surface area contributed by atoms with Crippen molar-refractivity contribution in [2.45, 2.75) is 38.3 Å². The molecule has 0 aromatic carbocycles. The van der Waals surface area contributed by atoms with Gasteiger partial charge in [-0.25, -0.2) is 4.79 Å². The van der Waals surface area contributed by atoms with E-state index in [1.54, 1.807) is 6.92 Å². The molecule has 0 saturated carbocycles. The third kappa shape index (κ3) is 3.69. The summed E-state index contributed by atoms with van der Waals surface area (Å²) >= 11 is 0. The monoisotopic (exact) mass is 230 g/mol. The van der Waals surface area contributed by atoms with Gasteiger partial charge >= 0.3 is 12.0 Å². The Balaban J connectivity index is 2.51. The summed E-state index contributed by atoms with van der Waals surface area (Å²) in [6.45, 7) is 2.75. The molecule has 0 aromatic rings. The maximum absolute atomic E-state index is 11.2. The zero-order chi connectivity index (χ0) is 12.1. The Labute approximate surface area is 94.3 Å². The lowest BCUT2D eigenvalue weighted by Gasteiger charge is -2.28. The van der Waals surface area contributed by atoms with Crippen LogP contribution in [0.2, 0.25) is 0 Å². The summed E-state index contributed by atoms with van der Waals surface area (Å²) in [5.74, 6) is -0.939. The van der Waals surface area contributed by atoms with E-state index in [1.165, 1.54) is 4.90 Å². The minimum Gasteiger partial charge on any atom is -0.481 e. The molecule has 1 saturated heterocycles. The van der Waals surface area contributed by atoms with Crippen LogP contribution in [0.5, 0.6) is 0 Å². The van der Waals surface area contributed by atoms with Crippen LogP contribution in [0.1, 0.15) is 26.2 Å². The first kappa shape index (κ1) is 12.8. The summed E-state index contributed by atoms with van der Waals surface area (Å²) in [6.07, 6.45) is 1.76. The molecule has 1 heterocycles. The van der Waals surface area contributed by atoms with Gasteiger partial charge in [0.2, 0.25) is 0 Å². The van der Waals surface area contributed by atoms with Crippen molar-refractivity contribution in [3.63, 3.8) is 0 Å². The molecule has 6 heteroatoms. The van der Waals surface area contributed by atoms with E-state index < -0.39 is 18.0 Å². The van der Waals surface area contributed by atoms with Gasteiger partial charge in [0.25, 0.3) is 0 Å². The van der Waals surface area contributed by atoms with E-state index in [-0.39, 0.29) is 12.5 Å². The smallest absolute Gasteiger partial charge is 0.315 e. The van der Waals surface area contributed by atoms with E-state index >= 15 is 0 Å². The zero-order valence-electron chi connectivity index (χ0n) is 9.39. The second-order valence-corrected chi connectivity index (χ2v) is 4.07. The van der Waals surface area contributed by atoms with Gasteiger partial charge in [0, 0.05) is 19.2 Å². The van der Waals surface area contributed by atoms with Crippen molar-refractivity contribution in [1.29, 1.82) is 0 Å². The number of carbonyl (C=O) groups excluding carboxylic acids is 1. The highest BCUT2D eigenvalue weighted by Crippen LogP contribution is 2.15. The predicted molar refractivity (Wildman–Crippen MR) is 57.0 cm³/mol. The van der Waals surface area contributed by atoms with Gasteiger partial charge in [-0.15, -0.1) is 0 Å². The quantitative estimate of drug-likeness (QED) is 0.715. The zero-order valence-corrected chi connectivity index (χ0v) is 9.39. The summed E-state index contributed by atoms with van der Waals surface area (Å²) in [7, 11) is 0. The van der Waals surface area contributed by atoms with E-state index in [1.807, 2.05) is 0 Å². The van der Waals surface area contributed by atoms with Crippen molar-refractivity contribution >= 4 is 12.0 Å². The Morgan fingerprint density at radius 3 is 2.75 bits per heavy atom. The first-order valence-corrected chi connectivity index (χ1v) is 5.40. The maximum atomic E-state index is 11.2. The number of ether oxygens (including phenoxy) is 1. The molecule has 92 valence electrons. The maximum Gasteiger partial charge on any atom is 0.315 e. The number of urea groups is 1. The lowest BCUT2D eigenvalue weighted by molar-refractivity contribution is -0.138. The van der Waals surface area contributed by atoms with Crippen LogP contribution in [0.15, 0.2) is 0 Å². The van der Waals surface area contributed by atoms with Gasteiger partial charge in [-0.05, 0) is 19.8 Å². The summed E-state index contributed by atoms with van der Waals surface area (Å²) in [6, 6.07) is -0.997. The van der Waals surface area contributed by atoms with Crippen LogP contribution in [0.25, 0.3) is 0 Å². The van der Waals surface area contributed by atoms with Gasteiger partial charge in [-0.2, -0.15) is 0 Å². The molecule has 2 amide bonds. The summed E-state index contributed by atoms with van der Waals surface area (Å²) in [5, 5.41) is 8.67. The highest BCUT2D eigenvalue weighted by molar-refractivity contribution is 5.74. The molecule has 16 heavy (non-hydrogen) atoms. The number of hydrogen-bond acceptors (Lipinski definition) is 3. The van der Waals surface area contributed by atoms with Crippen molar-refractivity contribution in [3.8, 4) is 0 Å². The molecule has 1 aliphatic rings. The molecular weight excluding hydrogens is 212 g/mol. The Kier molecular flexibility index (Phi) is 4.54. The molecular formula is C10H18N2O4. The molecule has 1 fully saturated rings. The van der Waals surface area contributed by atoms with Crippen LogP contribution in [0, 0.1) is 0 Å². The number of carboxylic acids is 1. The Bertz CT molecular complexity index is 264. The predicted octanol–water partition coefficient (Wildman–Crippen LogP) is 0.409. The second-order valence-electron chi connectivity index (χ2n) is 4.07. The third-order valence-corrected chi connectivity index (χ3v) is 2.71. The number of amides is 2. The number of primary amides is 1. The fourth-order valence-electron chi connectivity index (χ4n) is 1.86. The van der Waals surface area contributed by atoms with E-state index in [9.17, 15) is 9.59 Å². The standard InChI is InChI=1S/C10H18N2O4/c1-7(5-9(13)14)12(10(11)15)6-8-3-2-4-16-8/h7-8H,2-6H2,1H3,(H2,11,15)(H,13,14). The molecule has 2 unspecified atom stereocenters. The molecule has 2 atom stereocenters. The molecule has 0 spiro atoms. The number of nitrogens with zero attached hydrogens (tertiary/aromatic N) is 1. The number of aliphatic carboxylic acids is 1. The van der Waals surface area contributed by atoms with E-state index in [0.717, 1.165) is 12.8 Å². The van der Waals surface area contributed by atoms with Gasteiger partial charge in [0.1, 0.15) is 0 Å². The van der Waals surface area contributed by atoms with E-state index in [4.69, 9.17) is 15.6 Å². The lowest BCUT2D eigenvalue weighted by atomic mass is 10.1. The normalized spacial score (nSPS) is 21.7. The minimum atomic E-state index is -0.939. The summed E-state index contributed by atoms with van der Waals surface area (Å²) in [4.78, 5) is 23.1. The van der Waals surface area contributed by atoms with Crippen LogP contribution in [-0.4, -0.2) is 47.3 Å². The van der Waals surface area contributed by atoms with Crippen LogP contribution >= 0.6 is 0 Å². The van der Waals surface area contributed by atoms with Crippen LogP contribution in [-0.2, 0) is 9.53 Å². The van der Waals surface area contributed by atoms with Crippen LogP contribution in [0.3, 0.4) is 0 Å². The number of nitrogens with two attached hydrogens (primary N) is 1. The first-order chi connectivity index (χ1) is 7.50. The molecule has 0 radical (unpaired) electrons. The van der Waals surface area contributed by atoms with Crippen molar-refractivity contribution in [2.75, 3.05) is 13.2 Å². The van der Waals surface area contributed by atoms with Crippen LogP contribution in [0.4, 0.5) is 4.79 Å². The molecule has 6 nitrogen and oxygen atoms in total. The van der Waals surface area contributed by atoms with Gasteiger partial charge in [0.15, 0.2) is 0 Å². The molecule has 1 rings (SSSR count). The number of rotatable bonds is 5. The Hall–Kier alpha value is -1.30. The van der Waals surface area contributed by atoms with Crippen LogP contribution < -0.4 is 5.73 Å². The third-order valence-electron chi connectivity index (χ3n) is 2.71. The Morgan fingerprint density at radius 2 is 2.31 bits per heavy atom. The average Bonchev–Trinajstić information content (AvgIpc) is 2.64. The topological polar surface area (TPSA) is 92.9 Å². The summed E-state index contributed by atoms with van der Waals surface area (Å²) < 4.78 is 5.39. The van der Waals surface area contributed by atoms with Crippen molar-refractivity contribution in [1.82, 2.24) is 4.90 Å². The molecule has 0 aromatic heterocycles. The van der Waals surface area contributed by atoms with Crippen molar-refractivity contribution in [2.24, 2.45) is 5.73 Å². The number of carboxylic acid groups (broad SMARTS) is 1. The van der Waals surface area contributed by atoms with Gasteiger partial charge in [0.05, 0.1) is 12.5 Å². The van der Waals surface area contributed by atoms with Gasteiger partial charge in [-0.3, -0.25) is 4.79 Å². The van der Waals surface area contributed by atoms with Gasteiger partial charge in [-0.1, -0.05) is 0 Å². The number of hydrogen-bond donors (Lipinski definition) is 2. The first-order valence-electron chi connectivity index (χ1n) is 5.40. The van der Waals surface area contributed by atoms with Gasteiger partial charge < -0.3 is 20.5 Å². The molecule has 0 bridgehead atoms. The highest BCUT2D eigenvalue weighted by Gasteiger charge is 2.25. The largest absolute Gasteiger partial charge is 0.481 e. The Morgan fingerprint density at radius 1 is 1.62 bits per heavy atom. The average molecular weight is 230 g/mol. The van der Waals surface area contributed by atoms with E-state index in [2.05, 4.69) is 0 Å². The molecule has 0 aliphatic carbocycles.